The Kier molecular flexibility index (Phi) is 9.04. The summed E-state index contributed by atoms with van der Waals surface area (Å²) in [6, 6.07) is 13.7. The first-order valence-corrected chi connectivity index (χ1v) is 19.5. The van der Waals surface area contributed by atoms with E-state index in [0.29, 0.717) is 43.5 Å². The van der Waals surface area contributed by atoms with Gasteiger partial charge in [0.1, 0.15) is 11.7 Å². The van der Waals surface area contributed by atoms with Crippen molar-refractivity contribution < 1.29 is 19.2 Å². The molecule has 11 nitrogen and oxygen atoms in total. The van der Waals surface area contributed by atoms with Crippen molar-refractivity contribution in [3.05, 3.63) is 82.1 Å². The molecule has 2 aromatic carbocycles. The van der Waals surface area contributed by atoms with Crippen LogP contribution in [-0.4, -0.2) is 100 Å². The number of amides is 4. The van der Waals surface area contributed by atoms with Crippen LogP contribution in [0.4, 0.5) is 5.69 Å². The molecule has 9 rings (SSSR count). The third-order valence-corrected chi connectivity index (χ3v) is 12.4. The summed E-state index contributed by atoms with van der Waals surface area (Å²) in [7, 11) is 0. The van der Waals surface area contributed by atoms with Gasteiger partial charge >= 0.3 is 0 Å². The fourth-order valence-corrected chi connectivity index (χ4v) is 9.24. The third-order valence-electron chi connectivity index (χ3n) is 12.0. The Morgan fingerprint density at radius 2 is 1.66 bits per heavy atom. The van der Waals surface area contributed by atoms with Gasteiger partial charge in [0, 0.05) is 60.6 Å². The molecule has 2 N–H and O–H groups in total. The van der Waals surface area contributed by atoms with Crippen molar-refractivity contribution in [2.45, 2.75) is 69.4 Å². The number of pyridine rings is 1. The van der Waals surface area contributed by atoms with E-state index < -0.39 is 6.04 Å². The van der Waals surface area contributed by atoms with E-state index in [2.05, 4.69) is 43.3 Å². The standard InChI is InChI=1S/C41H44ClN7O4/c42-38-33(22-44-39-37(38)32(21-43-39)26-5-6-26)28-3-1-4-30(20-28)48-18-17-47(24-36(48)51)14-2-13-46-15-11-25(12-16-46)27-7-8-31-29(19-27)23-49(41(31)53)34-9-10-35(50)45-40(34)52/h1,3-4,7-8,19-22,25-26,34H,2,5-6,9-18,23-24H2,(H,43,44)(H,45,50,52). The zero-order chi connectivity index (χ0) is 36.2. The number of anilines is 1. The van der Waals surface area contributed by atoms with E-state index in [4.69, 9.17) is 11.6 Å². The van der Waals surface area contributed by atoms with Crippen molar-refractivity contribution in [3.63, 3.8) is 0 Å². The maximum atomic E-state index is 13.4. The molecule has 2 aromatic heterocycles. The first-order chi connectivity index (χ1) is 25.8. The fraction of sp³-hybridized carbons (Fsp3) is 0.439. The summed E-state index contributed by atoms with van der Waals surface area (Å²) in [5.74, 6) is 0.338. The SMILES string of the molecule is O=C1CCC(N2Cc3cc(C4CCN(CCCN5CCN(c6cccc(-c7cnc8[nH]cc(C9CC9)c8c7Cl)c6)C(=O)C5)CC4)ccc3C2=O)C(=O)N1. The molecule has 1 aliphatic carbocycles. The third kappa shape index (κ3) is 6.64. The van der Waals surface area contributed by atoms with E-state index >= 15 is 0 Å². The number of benzene rings is 2. The van der Waals surface area contributed by atoms with Gasteiger partial charge in [-0.25, -0.2) is 4.98 Å². The van der Waals surface area contributed by atoms with Gasteiger partial charge in [-0.1, -0.05) is 35.9 Å². The average molecular weight is 734 g/mol. The quantitative estimate of drug-likeness (QED) is 0.220. The smallest absolute Gasteiger partial charge is 0.255 e. The van der Waals surface area contributed by atoms with E-state index in [-0.39, 0.29) is 30.0 Å². The Hall–Kier alpha value is -4.58. The second-order valence-corrected chi connectivity index (χ2v) is 15.8. The first-order valence-electron chi connectivity index (χ1n) is 19.1. The summed E-state index contributed by atoms with van der Waals surface area (Å²) < 4.78 is 0. The number of hydrogen-bond acceptors (Lipinski definition) is 7. The Morgan fingerprint density at radius 3 is 2.45 bits per heavy atom. The molecular weight excluding hydrogens is 690 g/mol. The molecule has 6 heterocycles. The summed E-state index contributed by atoms with van der Waals surface area (Å²) in [6.45, 7) is 6.25. The largest absolute Gasteiger partial charge is 0.346 e. The molecular formula is C41H44ClN7O4. The molecule has 53 heavy (non-hydrogen) atoms. The van der Waals surface area contributed by atoms with Gasteiger partial charge in [-0.15, -0.1) is 0 Å². The number of carbonyl (C=O) groups is 4. The first kappa shape index (κ1) is 34.2. The van der Waals surface area contributed by atoms with Crippen LogP contribution < -0.4 is 10.2 Å². The van der Waals surface area contributed by atoms with Gasteiger partial charge in [0.25, 0.3) is 5.91 Å². The van der Waals surface area contributed by atoms with E-state index in [9.17, 15) is 19.2 Å². The molecule has 0 bridgehead atoms. The second kappa shape index (κ2) is 14.0. The summed E-state index contributed by atoms with van der Waals surface area (Å²) in [5.41, 5.74) is 7.72. The van der Waals surface area contributed by atoms with Crippen LogP contribution in [0.3, 0.4) is 0 Å². The van der Waals surface area contributed by atoms with Crippen molar-refractivity contribution in [1.82, 2.24) is 30.0 Å². The molecule has 1 unspecified atom stereocenters. The number of aromatic amines is 1. The van der Waals surface area contributed by atoms with Gasteiger partial charge < -0.3 is 19.7 Å². The van der Waals surface area contributed by atoms with Gasteiger partial charge in [0.05, 0.1) is 11.6 Å². The van der Waals surface area contributed by atoms with Crippen molar-refractivity contribution >= 4 is 52.0 Å². The molecule has 4 amide bonds. The Morgan fingerprint density at radius 1 is 0.830 bits per heavy atom. The molecule has 0 radical (unpaired) electrons. The number of hydrogen-bond donors (Lipinski definition) is 2. The number of rotatable bonds is 9. The monoisotopic (exact) mass is 733 g/mol. The maximum absolute atomic E-state index is 13.4. The zero-order valence-corrected chi connectivity index (χ0v) is 30.5. The van der Waals surface area contributed by atoms with E-state index in [1.807, 2.05) is 41.6 Å². The van der Waals surface area contributed by atoms with E-state index in [1.165, 1.54) is 24.0 Å². The lowest BCUT2D eigenvalue weighted by Crippen LogP contribution is -2.52. The maximum Gasteiger partial charge on any atom is 0.255 e. The van der Waals surface area contributed by atoms with Gasteiger partial charge in [0.2, 0.25) is 17.7 Å². The lowest BCUT2D eigenvalue weighted by molar-refractivity contribution is -0.137. The fourth-order valence-electron chi connectivity index (χ4n) is 8.88. The minimum absolute atomic E-state index is 0.117. The lowest BCUT2D eigenvalue weighted by Gasteiger charge is -2.36. The summed E-state index contributed by atoms with van der Waals surface area (Å²) in [4.78, 5) is 66.8. The van der Waals surface area contributed by atoms with Crippen molar-refractivity contribution in [2.75, 3.05) is 50.7 Å². The highest BCUT2D eigenvalue weighted by Gasteiger charge is 2.39. The molecule has 274 valence electrons. The van der Waals surface area contributed by atoms with E-state index in [1.54, 1.807) is 4.90 Å². The van der Waals surface area contributed by atoms with Crippen molar-refractivity contribution in [2.24, 2.45) is 0 Å². The number of carbonyl (C=O) groups excluding carboxylic acids is 4. The summed E-state index contributed by atoms with van der Waals surface area (Å²) in [5, 5.41) is 4.12. The van der Waals surface area contributed by atoms with Crippen molar-refractivity contribution in [1.29, 1.82) is 0 Å². The number of piperazine rings is 1. The Bertz CT molecular complexity index is 2120. The van der Waals surface area contributed by atoms with Gasteiger partial charge in [-0.3, -0.25) is 29.4 Å². The minimum Gasteiger partial charge on any atom is -0.346 e. The highest BCUT2D eigenvalue weighted by Crippen LogP contribution is 2.46. The number of aromatic nitrogens is 2. The van der Waals surface area contributed by atoms with E-state index in [0.717, 1.165) is 90.4 Å². The molecule has 4 aromatic rings. The number of H-pyrrole nitrogens is 1. The van der Waals surface area contributed by atoms with Crippen LogP contribution in [0.1, 0.15) is 83.8 Å². The van der Waals surface area contributed by atoms with Gasteiger partial charge in [0.15, 0.2) is 0 Å². The van der Waals surface area contributed by atoms with Crippen LogP contribution in [0.25, 0.3) is 22.2 Å². The molecule has 4 fully saturated rings. The number of likely N-dealkylation sites (tertiary alicyclic amines) is 1. The average Bonchev–Trinajstić information content (AvgIpc) is 3.83. The van der Waals surface area contributed by atoms with Crippen LogP contribution in [0.5, 0.6) is 0 Å². The van der Waals surface area contributed by atoms with Crippen LogP contribution in [0.15, 0.2) is 54.9 Å². The number of fused-ring (bicyclic) bond motifs is 2. The minimum atomic E-state index is -0.590. The second-order valence-electron chi connectivity index (χ2n) is 15.4. The number of imide groups is 1. The van der Waals surface area contributed by atoms with Crippen molar-refractivity contribution in [3.8, 4) is 11.1 Å². The van der Waals surface area contributed by atoms with Gasteiger partial charge in [-0.05, 0) is 117 Å². The Labute approximate surface area is 313 Å². The van der Waals surface area contributed by atoms with Gasteiger partial charge in [-0.2, -0.15) is 0 Å². The van der Waals surface area contributed by atoms with Crippen LogP contribution in [0.2, 0.25) is 5.02 Å². The van der Waals surface area contributed by atoms with Crippen LogP contribution >= 0.6 is 11.6 Å². The molecule has 12 heteroatoms. The molecule has 1 atom stereocenters. The molecule has 5 aliphatic rings. The zero-order valence-electron chi connectivity index (χ0n) is 29.8. The predicted octanol–water partition coefficient (Wildman–Crippen LogP) is 5.44. The summed E-state index contributed by atoms with van der Waals surface area (Å²) >= 11 is 7.00. The number of nitrogens with one attached hydrogen (secondary N) is 2. The highest BCUT2D eigenvalue weighted by atomic mass is 35.5. The van der Waals surface area contributed by atoms with Crippen LogP contribution in [0, 0.1) is 0 Å². The molecule has 3 saturated heterocycles. The number of halogens is 1. The normalized spacial score (nSPS) is 21.9. The summed E-state index contributed by atoms with van der Waals surface area (Å²) in [6.07, 6.45) is 10.0. The highest BCUT2D eigenvalue weighted by molar-refractivity contribution is 6.38. The van der Waals surface area contributed by atoms with Crippen LogP contribution in [-0.2, 0) is 20.9 Å². The number of piperidine rings is 2. The molecule has 1 saturated carbocycles. The topological polar surface area (TPSA) is 122 Å². The number of nitrogens with zero attached hydrogens (tertiary/aromatic N) is 5. The predicted molar refractivity (Wildman–Crippen MR) is 203 cm³/mol. The molecule has 0 spiro atoms. The molecule has 4 aliphatic heterocycles. The Balaban J connectivity index is 0.749. The lowest BCUT2D eigenvalue weighted by atomic mass is 9.88.